The number of benzene rings is 3. The number of nitrogens with zero attached hydrogens (tertiary/aromatic N) is 1. The van der Waals surface area contributed by atoms with Crippen molar-refractivity contribution < 1.29 is 0 Å². The molecule has 1 aromatic heterocycles. The lowest BCUT2D eigenvalue weighted by atomic mass is 9.96. The van der Waals surface area contributed by atoms with E-state index in [0.29, 0.717) is 0 Å². The maximum absolute atomic E-state index is 3.94. The topological polar surface area (TPSA) is 4.93 Å². The van der Waals surface area contributed by atoms with E-state index in [-0.39, 0.29) is 0 Å². The molecule has 2 heteroatoms. The van der Waals surface area contributed by atoms with Gasteiger partial charge in [-0.2, -0.15) is 0 Å². The molecular weight excluding hydrogens is 346 g/mol. The Morgan fingerprint density at radius 3 is 2.39 bits per heavy atom. The van der Waals surface area contributed by atoms with Crippen molar-refractivity contribution in [2.45, 2.75) is 32.2 Å². The average molecular weight is 364 g/mol. The molecule has 1 nitrogen and oxygen atoms in total. The molecule has 2 heterocycles. The van der Waals surface area contributed by atoms with Gasteiger partial charge in [-0.1, -0.05) is 48.9 Å². The fraction of sp³-hybridized carbons (Fsp3) is 0.238. The summed E-state index contributed by atoms with van der Waals surface area (Å²) in [5.41, 5.74) is 4.33. The van der Waals surface area contributed by atoms with E-state index in [0.717, 1.165) is 13.0 Å². The summed E-state index contributed by atoms with van der Waals surface area (Å²) in [6.45, 7) is 1.13. The van der Waals surface area contributed by atoms with Gasteiger partial charge >= 0.3 is 0 Å². The third-order valence-corrected chi connectivity index (χ3v) is 6.17. The fourth-order valence-corrected chi connectivity index (χ4v) is 4.99. The number of fused-ring (bicyclic) bond motifs is 5. The van der Waals surface area contributed by atoms with Crippen molar-refractivity contribution in [2.24, 2.45) is 0 Å². The summed E-state index contributed by atoms with van der Waals surface area (Å²) in [4.78, 5) is 0. The van der Waals surface area contributed by atoms with Crippen molar-refractivity contribution in [1.29, 1.82) is 0 Å². The first-order chi connectivity index (χ1) is 11.4. The fourth-order valence-electron chi connectivity index (χ4n) is 4.26. The largest absolute Gasteiger partial charge is 0.340 e. The molecule has 114 valence electrons. The second-order valence-corrected chi connectivity index (χ2v) is 7.33. The number of para-hydroxylation sites is 1. The summed E-state index contributed by atoms with van der Waals surface area (Å²) in [6.07, 6.45) is 5.04. The van der Waals surface area contributed by atoms with Crippen LogP contribution in [-0.2, 0) is 13.0 Å². The van der Waals surface area contributed by atoms with Gasteiger partial charge in [-0.15, -0.1) is 0 Å². The minimum Gasteiger partial charge on any atom is -0.340 e. The summed E-state index contributed by atoms with van der Waals surface area (Å²) >= 11 is 3.94. The molecule has 1 aliphatic heterocycles. The molecule has 0 N–H and O–H groups in total. The molecule has 5 rings (SSSR count). The zero-order valence-corrected chi connectivity index (χ0v) is 14.6. The van der Waals surface area contributed by atoms with Gasteiger partial charge < -0.3 is 4.57 Å². The van der Waals surface area contributed by atoms with Crippen molar-refractivity contribution in [3.05, 3.63) is 58.6 Å². The predicted molar refractivity (Wildman–Crippen MR) is 102 cm³/mol. The number of rotatable bonds is 0. The lowest BCUT2D eigenvalue weighted by Crippen LogP contribution is -2.04. The zero-order valence-electron chi connectivity index (χ0n) is 13.0. The maximum atomic E-state index is 3.94. The standard InChI is InChI=1S/C21H18BrN/c22-20-15-9-4-3-8-14(15)19-16-10-5-6-12-18(16)23-13-7-1-2-11-17(20)21(19)23/h3-6,8-10,12H,1-2,7,11,13H2. The van der Waals surface area contributed by atoms with E-state index < -0.39 is 0 Å². The van der Waals surface area contributed by atoms with Crippen LogP contribution in [-0.4, -0.2) is 4.57 Å². The van der Waals surface area contributed by atoms with Gasteiger partial charge in [-0.3, -0.25) is 0 Å². The van der Waals surface area contributed by atoms with Crippen LogP contribution in [0.5, 0.6) is 0 Å². The van der Waals surface area contributed by atoms with Gasteiger partial charge in [0.1, 0.15) is 0 Å². The van der Waals surface area contributed by atoms with Crippen LogP contribution in [0, 0.1) is 0 Å². The van der Waals surface area contributed by atoms with Crippen LogP contribution in [0.4, 0.5) is 0 Å². The van der Waals surface area contributed by atoms with Gasteiger partial charge in [0.05, 0.1) is 5.52 Å². The second kappa shape index (κ2) is 5.10. The van der Waals surface area contributed by atoms with Crippen LogP contribution in [0.25, 0.3) is 32.6 Å². The number of aromatic nitrogens is 1. The highest BCUT2D eigenvalue weighted by molar-refractivity contribution is 9.10. The molecule has 0 unspecified atom stereocenters. The van der Waals surface area contributed by atoms with E-state index in [1.54, 1.807) is 0 Å². The number of aryl methyl sites for hydroxylation is 2. The first kappa shape index (κ1) is 13.6. The van der Waals surface area contributed by atoms with Crippen LogP contribution in [0.1, 0.15) is 24.8 Å². The highest BCUT2D eigenvalue weighted by Gasteiger charge is 2.20. The van der Waals surface area contributed by atoms with Crippen molar-refractivity contribution >= 4 is 48.5 Å². The molecule has 0 saturated heterocycles. The minimum absolute atomic E-state index is 1.13. The van der Waals surface area contributed by atoms with E-state index in [1.165, 1.54) is 61.9 Å². The molecule has 0 amide bonds. The quantitative estimate of drug-likeness (QED) is 0.339. The average Bonchev–Trinajstić information content (AvgIpc) is 2.88. The summed E-state index contributed by atoms with van der Waals surface area (Å²) in [7, 11) is 0. The minimum atomic E-state index is 1.13. The number of halogens is 1. The van der Waals surface area contributed by atoms with Gasteiger partial charge in [0, 0.05) is 27.3 Å². The summed E-state index contributed by atoms with van der Waals surface area (Å²) in [6, 6.07) is 17.7. The molecule has 0 saturated carbocycles. The molecule has 3 aromatic carbocycles. The van der Waals surface area contributed by atoms with E-state index >= 15 is 0 Å². The van der Waals surface area contributed by atoms with Crippen LogP contribution in [0.3, 0.4) is 0 Å². The SMILES string of the molecule is Brc1c2c3c(c4ccccc14)c1ccccc1n3CCCCC2. The van der Waals surface area contributed by atoms with Crippen LogP contribution >= 0.6 is 15.9 Å². The van der Waals surface area contributed by atoms with Gasteiger partial charge in [0.25, 0.3) is 0 Å². The van der Waals surface area contributed by atoms with Gasteiger partial charge in [0.2, 0.25) is 0 Å². The Balaban J connectivity index is 2.13. The van der Waals surface area contributed by atoms with Crippen molar-refractivity contribution in [1.82, 2.24) is 4.57 Å². The highest BCUT2D eigenvalue weighted by Crippen LogP contribution is 2.42. The molecule has 4 aromatic rings. The van der Waals surface area contributed by atoms with Gasteiger partial charge in [0.15, 0.2) is 0 Å². The van der Waals surface area contributed by atoms with E-state index in [4.69, 9.17) is 0 Å². The van der Waals surface area contributed by atoms with Crippen LogP contribution < -0.4 is 0 Å². The smallest absolute Gasteiger partial charge is 0.0541 e. The second-order valence-electron chi connectivity index (χ2n) is 6.54. The first-order valence-corrected chi connectivity index (χ1v) is 9.25. The Hall–Kier alpha value is -1.80. The lowest BCUT2D eigenvalue weighted by Gasteiger charge is -2.17. The molecule has 0 spiro atoms. The van der Waals surface area contributed by atoms with Crippen molar-refractivity contribution in [3.63, 3.8) is 0 Å². The lowest BCUT2D eigenvalue weighted by molar-refractivity contribution is 0.594. The molecule has 0 radical (unpaired) electrons. The summed E-state index contributed by atoms with van der Waals surface area (Å²) in [5.74, 6) is 0. The molecule has 0 bridgehead atoms. The third-order valence-electron chi connectivity index (χ3n) is 5.26. The number of hydrogen-bond donors (Lipinski definition) is 0. The Kier molecular flexibility index (Phi) is 3.02. The van der Waals surface area contributed by atoms with Gasteiger partial charge in [-0.05, 0) is 57.6 Å². The molecule has 23 heavy (non-hydrogen) atoms. The normalized spacial score (nSPS) is 15.2. The van der Waals surface area contributed by atoms with Crippen molar-refractivity contribution in [2.75, 3.05) is 0 Å². The predicted octanol–water partition coefficient (Wildman–Crippen LogP) is 6.44. The van der Waals surface area contributed by atoms with Crippen LogP contribution in [0.2, 0.25) is 0 Å². The van der Waals surface area contributed by atoms with E-state index in [2.05, 4.69) is 69.0 Å². The van der Waals surface area contributed by atoms with E-state index in [9.17, 15) is 0 Å². The van der Waals surface area contributed by atoms with Gasteiger partial charge in [-0.25, -0.2) is 0 Å². The zero-order chi connectivity index (χ0) is 15.4. The summed E-state index contributed by atoms with van der Waals surface area (Å²) in [5, 5.41) is 5.55. The molecule has 1 aliphatic rings. The Bertz CT molecular complexity index is 1060. The van der Waals surface area contributed by atoms with Crippen molar-refractivity contribution in [3.8, 4) is 0 Å². The summed E-state index contributed by atoms with van der Waals surface area (Å²) < 4.78 is 3.86. The van der Waals surface area contributed by atoms with Crippen LogP contribution in [0.15, 0.2) is 53.0 Å². The number of hydrogen-bond acceptors (Lipinski definition) is 0. The molecule has 0 fully saturated rings. The molecule has 0 aliphatic carbocycles. The monoisotopic (exact) mass is 363 g/mol. The first-order valence-electron chi connectivity index (χ1n) is 8.46. The Morgan fingerprint density at radius 1 is 0.783 bits per heavy atom. The Labute approximate surface area is 144 Å². The molecular formula is C21H18BrN. The Morgan fingerprint density at radius 2 is 1.52 bits per heavy atom. The maximum Gasteiger partial charge on any atom is 0.0541 e. The molecule has 0 atom stereocenters. The van der Waals surface area contributed by atoms with E-state index in [1.807, 2.05) is 0 Å². The highest BCUT2D eigenvalue weighted by atomic mass is 79.9. The third kappa shape index (κ3) is 1.85.